The van der Waals surface area contributed by atoms with E-state index >= 15 is 0 Å². The number of aromatic nitrogens is 1. The number of hydrogen-bond acceptors (Lipinski definition) is 12. The zero-order chi connectivity index (χ0) is 32.5. The first-order chi connectivity index (χ1) is 21.3. The molecule has 0 spiro atoms. The number of ether oxygens (including phenoxy) is 2. The molecule has 0 saturated carbocycles. The van der Waals surface area contributed by atoms with E-state index < -0.39 is 17.0 Å². The van der Waals surface area contributed by atoms with Crippen molar-refractivity contribution in [2.24, 2.45) is 10.9 Å². The van der Waals surface area contributed by atoms with Crippen LogP contribution in [-0.4, -0.2) is 90.7 Å². The highest BCUT2D eigenvalue weighted by Gasteiger charge is 2.45. The Bertz CT molecular complexity index is 1520. The Morgan fingerprint density at radius 2 is 1.93 bits per heavy atom. The minimum atomic E-state index is -1.08. The zero-order valence-corrected chi connectivity index (χ0v) is 27.4. The largest absolute Gasteiger partial charge is 0.488 e. The van der Waals surface area contributed by atoms with Crippen LogP contribution in [0.5, 0.6) is 5.75 Å². The first-order valence-electron chi connectivity index (χ1n) is 15.2. The van der Waals surface area contributed by atoms with Gasteiger partial charge < -0.3 is 40.5 Å². The van der Waals surface area contributed by atoms with Crippen molar-refractivity contribution in [1.82, 2.24) is 14.8 Å². The summed E-state index contributed by atoms with van der Waals surface area (Å²) in [6.45, 7) is 11.4. The van der Waals surface area contributed by atoms with Crippen molar-refractivity contribution in [3.8, 4) is 11.8 Å². The number of hydrogen-bond donors (Lipinski definition) is 2. The minimum absolute atomic E-state index is 0.0871. The lowest BCUT2D eigenvalue weighted by Gasteiger charge is -2.33. The molecule has 2 fully saturated rings. The number of anilines is 2. The molecule has 13 nitrogen and oxygen atoms in total. The lowest BCUT2D eigenvalue weighted by atomic mass is 9.72. The number of nitrogens with zero attached hydrogens (tertiary/aromatic N) is 6. The molecule has 1 aliphatic carbocycles. The number of amides is 1. The number of amidine groups is 1. The van der Waals surface area contributed by atoms with Gasteiger partial charge in [0.05, 0.1) is 17.5 Å². The number of aryl methyl sites for hydroxylation is 1. The highest BCUT2D eigenvalue weighted by Crippen LogP contribution is 2.46. The molecule has 14 heteroatoms. The van der Waals surface area contributed by atoms with E-state index in [1.54, 1.807) is 17.9 Å². The van der Waals surface area contributed by atoms with Gasteiger partial charge in [0.25, 0.3) is 0 Å². The van der Waals surface area contributed by atoms with E-state index in [9.17, 15) is 14.9 Å². The monoisotopic (exact) mass is 638 g/mol. The molecule has 2 saturated heterocycles. The number of fused-ring (bicyclic) bond motifs is 1. The van der Waals surface area contributed by atoms with Crippen molar-refractivity contribution in [2.75, 3.05) is 56.9 Å². The first kappa shape index (κ1) is 32.3. The van der Waals surface area contributed by atoms with Gasteiger partial charge in [-0.1, -0.05) is 5.16 Å². The summed E-state index contributed by atoms with van der Waals surface area (Å²) < 4.78 is 11.9. The molecule has 2 atom stereocenters. The topological polar surface area (TPSA) is 173 Å². The molecular formula is C31H42N8O5S. The summed E-state index contributed by atoms with van der Waals surface area (Å²) in [7, 11) is 2.07. The molecule has 2 aromatic rings. The molecule has 4 N–H and O–H groups in total. The Kier molecular flexibility index (Phi) is 9.14. The van der Waals surface area contributed by atoms with Crippen LogP contribution in [0.25, 0.3) is 0 Å². The SMILES string of the molecule is CN1CCN(c2cc(O[C@@H]3CCN(C(=O)OC(C)(C)C)C3)cc(/C(N)=N/OC(=O)C3(C)CCCc4sc(N)c(C#N)c43)n2)CC1. The molecule has 2 aromatic heterocycles. The van der Waals surface area contributed by atoms with Crippen LogP contribution >= 0.6 is 11.3 Å². The van der Waals surface area contributed by atoms with E-state index in [2.05, 4.69) is 28.1 Å². The van der Waals surface area contributed by atoms with Crippen LogP contribution in [-0.2, 0) is 26.2 Å². The Labute approximate surface area is 267 Å². The molecule has 4 heterocycles. The van der Waals surface area contributed by atoms with E-state index in [-0.39, 0.29) is 18.0 Å². The summed E-state index contributed by atoms with van der Waals surface area (Å²) in [6, 6.07) is 5.68. The molecule has 0 bridgehead atoms. The third-order valence-electron chi connectivity index (χ3n) is 8.40. The Morgan fingerprint density at radius 1 is 1.20 bits per heavy atom. The van der Waals surface area contributed by atoms with Crippen LogP contribution in [0.4, 0.5) is 15.6 Å². The van der Waals surface area contributed by atoms with Crippen molar-refractivity contribution < 1.29 is 23.9 Å². The van der Waals surface area contributed by atoms with Crippen molar-refractivity contribution >= 4 is 40.1 Å². The number of oxime groups is 1. The van der Waals surface area contributed by atoms with Gasteiger partial charge in [-0.2, -0.15) is 5.26 Å². The summed E-state index contributed by atoms with van der Waals surface area (Å²) in [4.78, 5) is 43.2. The average molecular weight is 639 g/mol. The van der Waals surface area contributed by atoms with Crippen LogP contribution in [0.3, 0.4) is 0 Å². The second-order valence-electron chi connectivity index (χ2n) is 13.1. The Morgan fingerprint density at radius 3 is 2.62 bits per heavy atom. The molecule has 5 rings (SSSR count). The van der Waals surface area contributed by atoms with Crippen LogP contribution in [0.1, 0.15) is 68.7 Å². The van der Waals surface area contributed by atoms with Crippen LogP contribution < -0.4 is 21.1 Å². The number of rotatable bonds is 6. The average Bonchev–Trinajstić information content (AvgIpc) is 3.59. The van der Waals surface area contributed by atoms with E-state index in [0.717, 1.165) is 43.9 Å². The normalized spacial score (nSPS) is 22.5. The number of piperazine rings is 1. The fourth-order valence-electron chi connectivity index (χ4n) is 5.94. The summed E-state index contributed by atoms with van der Waals surface area (Å²) in [5.74, 6) is 0.487. The van der Waals surface area contributed by atoms with Crippen molar-refractivity contribution in [1.29, 1.82) is 5.26 Å². The number of carbonyl (C=O) groups is 2. The number of nitrogen functional groups attached to an aromatic ring is 1. The molecule has 0 radical (unpaired) electrons. The smallest absolute Gasteiger partial charge is 0.410 e. The van der Waals surface area contributed by atoms with E-state index in [1.807, 2.05) is 26.8 Å². The van der Waals surface area contributed by atoms with Gasteiger partial charge in [0.1, 0.15) is 40.0 Å². The van der Waals surface area contributed by atoms with E-state index in [0.29, 0.717) is 59.3 Å². The number of likely N-dealkylation sites (N-methyl/N-ethyl adjacent to an activating group) is 1. The molecule has 45 heavy (non-hydrogen) atoms. The summed E-state index contributed by atoms with van der Waals surface area (Å²) in [5, 5.41) is 14.1. The fraction of sp³-hybridized carbons (Fsp3) is 0.581. The Hall–Kier alpha value is -4.09. The summed E-state index contributed by atoms with van der Waals surface area (Å²) in [5.41, 5.74) is 12.1. The maximum absolute atomic E-state index is 13.5. The molecule has 1 unspecified atom stereocenters. The number of thiophene rings is 1. The van der Waals surface area contributed by atoms with E-state index in [1.165, 1.54) is 11.3 Å². The molecular weight excluding hydrogens is 596 g/mol. The van der Waals surface area contributed by atoms with Gasteiger partial charge in [-0.05, 0) is 54.0 Å². The molecule has 2 aliphatic heterocycles. The van der Waals surface area contributed by atoms with Gasteiger partial charge in [-0.15, -0.1) is 11.3 Å². The lowest BCUT2D eigenvalue weighted by Crippen LogP contribution is -2.45. The third kappa shape index (κ3) is 7.10. The highest BCUT2D eigenvalue weighted by atomic mass is 32.1. The van der Waals surface area contributed by atoms with Crippen molar-refractivity contribution in [3.05, 3.63) is 33.8 Å². The summed E-state index contributed by atoms with van der Waals surface area (Å²) in [6.07, 6.45) is 2.02. The first-order valence-corrected chi connectivity index (χ1v) is 16.1. The number of nitrogens with two attached hydrogens (primary N) is 2. The number of likely N-dealkylation sites (tertiary alicyclic amines) is 1. The van der Waals surface area contributed by atoms with Crippen LogP contribution in [0, 0.1) is 11.3 Å². The molecule has 0 aromatic carbocycles. The molecule has 242 valence electrons. The van der Waals surface area contributed by atoms with Gasteiger partial charge in [-0.3, -0.25) is 0 Å². The second-order valence-corrected chi connectivity index (χ2v) is 14.2. The lowest BCUT2D eigenvalue weighted by molar-refractivity contribution is -0.150. The third-order valence-corrected chi connectivity index (χ3v) is 9.48. The van der Waals surface area contributed by atoms with E-state index in [4.69, 9.17) is 30.8 Å². The maximum atomic E-state index is 13.5. The predicted molar refractivity (Wildman–Crippen MR) is 171 cm³/mol. The maximum Gasteiger partial charge on any atom is 0.410 e. The van der Waals surface area contributed by atoms with Gasteiger partial charge >= 0.3 is 12.1 Å². The fourth-order valence-corrected chi connectivity index (χ4v) is 7.13. The van der Waals surface area contributed by atoms with Gasteiger partial charge in [0.15, 0.2) is 5.84 Å². The minimum Gasteiger partial charge on any atom is -0.488 e. The summed E-state index contributed by atoms with van der Waals surface area (Å²) >= 11 is 1.34. The highest BCUT2D eigenvalue weighted by molar-refractivity contribution is 7.16. The number of pyridine rings is 1. The molecule has 1 amide bonds. The zero-order valence-electron chi connectivity index (χ0n) is 26.6. The quantitative estimate of drug-likeness (QED) is 0.206. The number of nitriles is 1. The van der Waals surface area contributed by atoms with Crippen LogP contribution in [0.15, 0.2) is 17.3 Å². The standard InChI is InChI=1S/C31H42N8O5S/c1-30(2,3)43-29(41)39-10-8-19(18-39)42-20-15-22(35-24(16-20)38-13-11-37(5)12-14-38)26(33)36-44-28(40)31(4)9-6-7-23-25(31)21(17-32)27(34)45-23/h15-16,19H,6-14,18,34H2,1-5H3,(H2,33,36)/t19-,31?/m1/s1. The second kappa shape index (κ2) is 12.7. The van der Waals surface area contributed by atoms with Gasteiger partial charge in [0, 0.05) is 61.7 Å². The Balaban J connectivity index is 1.36. The molecule has 3 aliphatic rings. The van der Waals surface area contributed by atoms with Gasteiger partial charge in [-0.25, -0.2) is 14.6 Å². The van der Waals surface area contributed by atoms with Crippen molar-refractivity contribution in [3.63, 3.8) is 0 Å². The van der Waals surface area contributed by atoms with Gasteiger partial charge in [0.2, 0.25) is 0 Å². The predicted octanol–water partition coefficient (Wildman–Crippen LogP) is 3.19. The number of carbonyl (C=O) groups excluding carboxylic acids is 2. The van der Waals surface area contributed by atoms with Crippen molar-refractivity contribution in [2.45, 2.75) is 70.5 Å². The van der Waals surface area contributed by atoms with Crippen LogP contribution in [0.2, 0.25) is 0 Å².